The lowest BCUT2D eigenvalue weighted by Gasteiger charge is -2.56. The first-order chi connectivity index (χ1) is 5.80. The van der Waals surface area contributed by atoms with Crippen molar-refractivity contribution < 1.29 is 0 Å². The smallest absolute Gasteiger partial charge is 0.00202 e. The highest BCUT2D eigenvalue weighted by Gasteiger charge is 2.49. The normalized spacial score (nSPS) is 51.9. The van der Waals surface area contributed by atoms with Crippen molar-refractivity contribution in [2.45, 2.75) is 38.5 Å². The largest absolute Gasteiger partial charge is 0.330 e. The van der Waals surface area contributed by atoms with Gasteiger partial charge in [-0.25, -0.2) is 0 Å². The summed E-state index contributed by atoms with van der Waals surface area (Å²) in [5.41, 5.74) is 6.55. The number of nitrogens with two attached hydrogens (primary N) is 1. The topological polar surface area (TPSA) is 26.0 Å². The third-order valence-electron chi connectivity index (χ3n) is 4.60. The molecular weight excluding hydrogens is 182 g/mol. The molecule has 4 aliphatic carbocycles. The second-order valence-electron chi connectivity index (χ2n) is 5.62. The van der Waals surface area contributed by atoms with Gasteiger partial charge in [0.25, 0.3) is 0 Å². The van der Waals surface area contributed by atoms with Crippen LogP contribution in [0, 0.1) is 23.2 Å². The monoisotopic (exact) mass is 201 g/mol. The molecule has 0 aromatic rings. The van der Waals surface area contributed by atoms with Crippen LogP contribution in [0.2, 0.25) is 0 Å². The maximum atomic E-state index is 5.93. The van der Waals surface area contributed by atoms with Crippen molar-refractivity contribution in [2.24, 2.45) is 28.9 Å². The molecule has 0 aliphatic heterocycles. The minimum absolute atomic E-state index is 0. The molecule has 0 amide bonds. The van der Waals surface area contributed by atoms with E-state index in [0.717, 1.165) is 24.3 Å². The molecule has 2 heteroatoms. The van der Waals surface area contributed by atoms with E-state index in [9.17, 15) is 0 Å². The number of rotatable bonds is 1. The van der Waals surface area contributed by atoms with E-state index in [1.807, 2.05) is 0 Å². The molecular formula is C11H20ClN. The van der Waals surface area contributed by atoms with Gasteiger partial charge in [0.1, 0.15) is 0 Å². The highest BCUT2D eigenvalue weighted by atomic mass is 35.5. The average Bonchev–Trinajstić information content (AvgIpc) is 2.02. The molecule has 0 radical (unpaired) electrons. The molecule has 4 saturated carbocycles. The Balaban J connectivity index is 0.000000653. The van der Waals surface area contributed by atoms with Crippen LogP contribution in [0.3, 0.4) is 0 Å². The molecule has 0 saturated heterocycles. The van der Waals surface area contributed by atoms with Crippen molar-refractivity contribution in [3.8, 4) is 0 Å². The molecule has 13 heavy (non-hydrogen) atoms. The van der Waals surface area contributed by atoms with Crippen LogP contribution in [0.15, 0.2) is 0 Å². The minimum atomic E-state index is 0. The molecule has 0 atom stereocenters. The quantitative estimate of drug-likeness (QED) is 0.694. The van der Waals surface area contributed by atoms with Crippen molar-refractivity contribution in [3.63, 3.8) is 0 Å². The average molecular weight is 202 g/mol. The maximum absolute atomic E-state index is 5.93. The summed E-state index contributed by atoms with van der Waals surface area (Å²) in [5.74, 6) is 3.21. The van der Waals surface area contributed by atoms with Gasteiger partial charge in [-0.2, -0.15) is 0 Å². The number of hydrogen-bond donors (Lipinski definition) is 1. The predicted molar refractivity (Wildman–Crippen MR) is 56.9 cm³/mol. The molecule has 76 valence electrons. The lowest BCUT2D eigenvalue weighted by atomic mass is 9.50. The number of halogens is 1. The molecule has 0 aromatic carbocycles. The van der Waals surface area contributed by atoms with E-state index in [0.29, 0.717) is 5.41 Å². The van der Waals surface area contributed by atoms with E-state index in [-0.39, 0.29) is 12.4 Å². The molecule has 4 bridgehead atoms. The second-order valence-corrected chi connectivity index (χ2v) is 5.62. The van der Waals surface area contributed by atoms with Gasteiger partial charge in [-0.1, -0.05) is 0 Å². The van der Waals surface area contributed by atoms with E-state index in [2.05, 4.69) is 0 Å². The molecule has 0 heterocycles. The van der Waals surface area contributed by atoms with E-state index in [1.165, 1.54) is 38.5 Å². The molecule has 4 rings (SSSR count). The first-order valence-corrected chi connectivity index (χ1v) is 5.50. The summed E-state index contributed by atoms with van der Waals surface area (Å²) in [7, 11) is 0. The van der Waals surface area contributed by atoms with Gasteiger partial charge in [0.05, 0.1) is 0 Å². The van der Waals surface area contributed by atoms with Crippen molar-refractivity contribution in [1.82, 2.24) is 0 Å². The molecule has 0 spiro atoms. The van der Waals surface area contributed by atoms with Crippen molar-refractivity contribution in [3.05, 3.63) is 0 Å². The molecule has 0 unspecified atom stereocenters. The van der Waals surface area contributed by atoms with Crippen LogP contribution in [0.25, 0.3) is 0 Å². The number of hydrogen-bond acceptors (Lipinski definition) is 1. The first-order valence-electron chi connectivity index (χ1n) is 5.50. The van der Waals surface area contributed by atoms with Crippen LogP contribution in [0.4, 0.5) is 0 Å². The van der Waals surface area contributed by atoms with Gasteiger partial charge in [0, 0.05) is 0 Å². The fourth-order valence-corrected chi connectivity index (χ4v) is 4.54. The Morgan fingerprint density at radius 3 is 1.62 bits per heavy atom. The van der Waals surface area contributed by atoms with E-state index >= 15 is 0 Å². The summed E-state index contributed by atoms with van der Waals surface area (Å²) in [6.45, 7) is 0.969. The molecule has 4 aliphatic rings. The van der Waals surface area contributed by atoms with Crippen molar-refractivity contribution >= 4 is 12.4 Å². The SMILES string of the molecule is Cl.NCC12CC3CC(CC(C3)C1)C2. The van der Waals surface area contributed by atoms with Gasteiger partial charge in [0.15, 0.2) is 0 Å². The van der Waals surface area contributed by atoms with Crippen molar-refractivity contribution in [2.75, 3.05) is 6.54 Å². The summed E-state index contributed by atoms with van der Waals surface area (Å²) in [6, 6.07) is 0. The fourth-order valence-electron chi connectivity index (χ4n) is 4.54. The summed E-state index contributed by atoms with van der Waals surface area (Å²) in [4.78, 5) is 0. The zero-order valence-corrected chi connectivity index (χ0v) is 8.98. The van der Waals surface area contributed by atoms with Crippen LogP contribution in [-0.4, -0.2) is 6.54 Å². The first kappa shape index (κ1) is 9.79. The Labute approximate surface area is 86.9 Å². The van der Waals surface area contributed by atoms with Gasteiger partial charge in [-0.3, -0.25) is 0 Å². The van der Waals surface area contributed by atoms with Gasteiger partial charge in [0.2, 0.25) is 0 Å². The lowest BCUT2D eigenvalue weighted by Crippen LogP contribution is -2.49. The highest BCUT2D eigenvalue weighted by Crippen LogP contribution is 2.59. The highest BCUT2D eigenvalue weighted by molar-refractivity contribution is 5.85. The summed E-state index contributed by atoms with van der Waals surface area (Å²) in [5, 5.41) is 0. The zero-order chi connectivity index (χ0) is 8.18. The van der Waals surface area contributed by atoms with Crippen LogP contribution >= 0.6 is 12.4 Å². The Morgan fingerprint density at radius 2 is 1.31 bits per heavy atom. The standard InChI is InChI=1S/C11H19N.ClH/c12-7-11-4-8-1-9(5-11)3-10(2-8)6-11;/h8-10H,1-7,12H2;1H. The van der Waals surface area contributed by atoms with Crippen LogP contribution in [-0.2, 0) is 0 Å². The minimum Gasteiger partial charge on any atom is -0.330 e. The Morgan fingerprint density at radius 1 is 0.923 bits per heavy atom. The second kappa shape index (κ2) is 3.13. The van der Waals surface area contributed by atoms with E-state index < -0.39 is 0 Å². The third-order valence-corrected chi connectivity index (χ3v) is 4.60. The Bertz CT molecular complexity index is 167. The van der Waals surface area contributed by atoms with E-state index in [1.54, 1.807) is 0 Å². The zero-order valence-electron chi connectivity index (χ0n) is 8.17. The lowest BCUT2D eigenvalue weighted by molar-refractivity contribution is -0.0468. The Kier molecular flexibility index (Phi) is 2.36. The Hall–Kier alpha value is 0.250. The van der Waals surface area contributed by atoms with Gasteiger partial charge in [-0.05, 0) is 68.2 Å². The van der Waals surface area contributed by atoms with E-state index in [4.69, 9.17) is 5.73 Å². The van der Waals surface area contributed by atoms with Crippen LogP contribution in [0.1, 0.15) is 38.5 Å². The van der Waals surface area contributed by atoms with Crippen LogP contribution in [0.5, 0.6) is 0 Å². The summed E-state index contributed by atoms with van der Waals surface area (Å²) < 4.78 is 0. The van der Waals surface area contributed by atoms with Gasteiger partial charge in [-0.15, -0.1) is 12.4 Å². The summed E-state index contributed by atoms with van der Waals surface area (Å²) in [6.07, 6.45) is 9.03. The molecule has 4 fully saturated rings. The summed E-state index contributed by atoms with van der Waals surface area (Å²) >= 11 is 0. The molecule has 2 N–H and O–H groups in total. The maximum Gasteiger partial charge on any atom is -0.00202 e. The fraction of sp³-hybridized carbons (Fsp3) is 1.00. The molecule has 0 aromatic heterocycles. The van der Waals surface area contributed by atoms with Gasteiger partial charge >= 0.3 is 0 Å². The van der Waals surface area contributed by atoms with Crippen molar-refractivity contribution in [1.29, 1.82) is 0 Å². The molecule has 1 nitrogen and oxygen atoms in total. The predicted octanol–water partition coefficient (Wildman–Crippen LogP) is 2.58. The third kappa shape index (κ3) is 1.41. The van der Waals surface area contributed by atoms with Gasteiger partial charge < -0.3 is 5.73 Å². The van der Waals surface area contributed by atoms with Crippen LogP contribution < -0.4 is 5.73 Å².